The highest BCUT2D eigenvalue weighted by Crippen LogP contribution is 2.08. The summed E-state index contributed by atoms with van der Waals surface area (Å²) in [6.45, 7) is 3.85. The van der Waals surface area contributed by atoms with Crippen molar-refractivity contribution in [3.63, 3.8) is 0 Å². The van der Waals surface area contributed by atoms with Crippen molar-refractivity contribution >= 4 is 23.7 Å². The molecule has 0 aliphatic rings. The maximum Gasteiger partial charge on any atom is 0.247 e. The average Bonchev–Trinajstić information content (AvgIpc) is 3.10. The highest BCUT2D eigenvalue weighted by Gasteiger charge is 2.20. The zero-order valence-corrected chi connectivity index (χ0v) is 13.8. The Bertz CT molecular complexity index is 681. The maximum absolute atomic E-state index is 12.5. The van der Waals surface area contributed by atoms with Crippen molar-refractivity contribution in [3.05, 3.63) is 54.3 Å². The molecule has 0 bridgehead atoms. The molecule has 2 aromatic rings. The van der Waals surface area contributed by atoms with Gasteiger partial charge in [0.05, 0.1) is 0 Å². The lowest BCUT2D eigenvalue weighted by Crippen LogP contribution is -2.42. The molecule has 0 saturated carbocycles. The second-order valence-corrected chi connectivity index (χ2v) is 5.40. The third-order valence-electron chi connectivity index (χ3n) is 3.64. The van der Waals surface area contributed by atoms with E-state index < -0.39 is 0 Å². The number of rotatable bonds is 7. The minimum atomic E-state index is -0.314. The summed E-state index contributed by atoms with van der Waals surface area (Å²) in [5.74, 6) is -0.189. The van der Waals surface area contributed by atoms with Crippen LogP contribution < -0.4 is 5.32 Å². The van der Waals surface area contributed by atoms with Crippen LogP contribution in [0.4, 0.5) is 5.82 Å². The van der Waals surface area contributed by atoms with Gasteiger partial charge in [0.15, 0.2) is 5.82 Å². The molecule has 1 aromatic carbocycles. The number of nitrogens with zero attached hydrogens (tertiary/aromatic N) is 2. The Balaban J connectivity index is 2.02. The fraction of sp³-hybridized carbons (Fsp3) is 0.278. The Kier molecular flexibility index (Phi) is 6.31. The molecule has 0 aliphatic carbocycles. The summed E-state index contributed by atoms with van der Waals surface area (Å²) in [5.41, 5.74) is 0.932. The molecular weight excluding hydrogens is 306 g/mol. The summed E-state index contributed by atoms with van der Waals surface area (Å²) >= 11 is 0. The zero-order valence-electron chi connectivity index (χ0n) is 13.8. The average molecular weight is 327 g/mol. The Morgan fingerprint density at radius 2 is 2.04 bits per heavy atom. The van der Waals surface area contributed by atoms with Crippen molar-refractivity contribution in [1.29, 1.82) is 0 Å². The van der Waals surface area contributed by atoms with Gasteiger partial charge in [0.1, 0.15) is 12.8 Å². The van der Waals surface area contributed by atoms with Crippen molar-refractivity contribution in [1.82, 2.24) is 10.1 Å². The largest absolute Gasteiger partial charge is 0.363 e. The second-order valence-electron chi connectivity index (χ2n) is 5.40. The number of carbonyl (C=O) groups excluding carboxylic acids is 2. The highest BCUT2D eigenvalue weighted by atomic mass is 16.5. The molecule has 1 unspecified atom stereocenters. The van der Waals surface area contributed by atoms with E-state index in [0.717, 1.165) is 12.0 Å². The Hall–Kier alpha value is -2.89. The predicted molar refractivity (Wildman–Crippen MR) is 92.1 cm³/mol. The van der Waals surface area contributed by atoms with Gasteiger partial charge in [0.25, 0.3) is 0 Å². The lowest BCUT2D eigenvalue weighted by atomic mass is 10.2. The zero-order chi connectivity index (χ0) is 17.4. The Labute approximate surface area is 141 Å². The van der Waals surface area contributed by atoms with Crippen LogP contribution in [0.3, 0.4) is 0 Å². The minimum absolute atomic E-state index is 0.0418. The van der Waals surface area contributed by atoms with E-state index in [1.807, 2.05) is 44.2 Å². The molecule has 2 rings (SSSR count). The molecule has 1 N–H and O–H groups in total. The smallest absolute Gasteiger partial charge is 0.247 e. The van der Waals surface area contributed by atoms with Crippen LogP contribution in [0, 0.1) is 0 Å². The van der Waals surface area contributed by atoms with E-state index in [2.05, 4.69) is 15.0 Å². The van der Waals surface area contributed by atoms with E-state index in [9.17, 15) is 9.59 Å². The fourth-order valence-corrected chi connectivity index (χ4v) is 2.11. The van der Waals surface area contributed by atoms with Gasteiger partial charge >= 0.3 is 0 Å². The molecular formula is C18H21N3O3. The summed E-state index contributed by atoms with van der Waals surface area (Å²) in [5, 5.41) is 6.22. The van der Waals surface area contributed by atoms with E-state index in [1.165, 1.54) is 17.2 Å². The first-order valence-corrected chi connectivity index (χ1v) is 7.84. The number of anilines is 1. The molecule has 1 heterocycles. The van der Waals surface area contributed by atoms with E-state index >= 15 is 0 Å². The molecule has 2 amide bonds. The van der Waals surface area contributed by atoms with Crippen LogP contribution in [0.1, 0.15) is 25.8 Å². The lowest BCUT2D eigenvalue weighted by Gasteiger charge is -2.26. The Morgan fingerprint density at radius 1 is 1.29 bits per heavy atom. The first kappa shape index (κ1) is 17.5. The molecule has 1 atom stereocenters. The summed E-state index contributed by atoms with van der Waals surface area (Å²) < 4.78 is 4.67. The van der Waals surface area contributed by atoms with E-state index in [4.69, 9.17) is 0 Å². The van der Waals surface area contributed by atoms with Crippen LogP contribution in [0.5, 0.6) is 0 Å². The van der Waals surface area contributed by atoms with Gasteiger partial charge in [0.2, 0.25) is 11.8 Å². The lowest BCUT2D eigenvalue weighted by molar-refractivity contribution is -0.132. The highest BCUT2D eigenvalue weighted by molar-refractivity contribution is 5.97. The van der Waals surface area contributed by atoms with Crippen molar-refractivity contribution in [2.45, 2.75) is 26.3 Å². The third kappa shape index (κ3) is 5.08. The van der Waals surface area contributed by atoms with E-state index in [-0.39, 0.29) is 24.4 Å². The van der Waals surface area contributed by atoms with Crippen LogP contribution in [0.2, 0.25) is 0 Å². The minimum Gasteiger partial charge on any atom is -0.363 e. The molecule has 24 heavy (non-hydrogen) atoms. The molecule has 6 nitrogen and oxygen atoms in total. The van der Waals surface area contributed by atoms with Gasteiger partial charge in [-0.1, -0.05) is 42.4 Å². The van der Waals surface area contributed by atoms with Crippen LogP contribution in [-0.4, -0.2) is 34.5 Å². The molecule has 1 aromatic heterocycles. The van der Waals surface area contributed by atoms with Gasteiger partial charge in [-0.05, 0) is 25.0 Å². The second kappa shape index (κ2) is 8.67. The number of benzene rings is 1. The number of carbonyl (C=O) groups is 2. The molecule has 0 saturated heterocycles. The van der Waals surface area contributed by atoms with Gasteiger partial charge in [0, 0.05) is 18.2 Å². The van der Waals surface area contributed by atoms with Crippen molar-refractivity contribution < 1.29 is 14.1 Å². The molecule has 0 aliphatic heterocycles. The normalized spacial score (nSPS) is 12.1. The van der Waals surface area contributed by atoms with Gasteiger partial charge in [-0.2, -0.15) is 0 Å². The van der Waals surface area contributed by atoms with Crippen molar-refractivity contribution in [2.75, 3.05) is 11.9 Å². The van der Waals surface area contributed by atoms with Crippen molar-refractivity contribution in [2.24, 2.45) is 0 Å². The summed E-state index contributed by atoms with van der Waals surface area (Å²) in [4.78, 5) is 26.1. The standard InChI is InChI=1S/C18H21N3O3/c1-3-14(2)21(13-17(22)19-16-11-12-24-20-16)18(23)10-9-15-7-5-4-6-8-15/h4-12,14H,3,13H2,1-2H3,(H,19,20,22). The molecule has 0 fully saturated rings. The Morgan fingerprint density at radius 3 is 2.67 bits per heavy atom. The van der Waals surface area contributed by atoms with Crippen molar-refractivity contribution in [3.8, 4) is 0 Å². The number of hydrogen-bond acceptors (Lipinski definition) is 4. The van der Waals surface area contributed by atoms with Crippen LogP contribution in [0.15, 0.2) is 53.3 Å². The van der Waals surface area contributed by atoms with Crippen LogP contribution in [0.25, 0.3) is 6.08 Å². The van der Waals surface area contributed by atoms with Gasteiger partial charge in [-0.3, -0.25) is 9.59 Å². The SMILES string of the molecule is CCC(C)N(CC(=O)Nc1ccon1)C(=O)C=Cc1ccccc1. The number of hydrogen-bond donors (Lipinski definition) is 1. The topological polar surface area (TPSA) is 75.4 Å². The van der Waals surface area contributed by atoms with Gasteiger partial charge in [-0.25, -0.2) is 0 Å². The summed E-state index contributed by atoms with van der Waals surface area (Å²) in [6.07, 6.45) is 5.36. The number of amides is 2. The third-order valence-corrected chi connectivity index (χ3v) is 3.64. The first-order chi connectivity index (χ1) is 11.6. The van der Waals surface area contributed by atoms with Gasteiger partial charge < -0.3 is 14.7 Å². The van der Waals surface area contributed by atoms with E-state index in [0.29, 0.717) is 5.82 Å². The molecule has 126 valence electrons. The van der Waals surface area contributed by atoms with E-state index in [1.54, 1.807) is 12.1 Å². The summed E-state index contributed by atoms with van der Waals surface area (Å²) in [7, 11) is 0. The van der Waals surface area contributed by atoms with Crippen LogP contribution >= 0.6 is 0 Å². The molecule has 0 radical (unpaired) electrons. The molecule has 0 spiro atoms. The fourth-order valence-electron chi connectivity index (χ4n) is 2.11. The number of nitrogens with one attached hydrogen (secondary N) is 1. The predicted octanol–water partition coefficient (Wildman–Crippen LogP) is 2.95. The quantitative estimate of drug-likeness (QED) is 0.793. The number of aromatic nitrogens is 1. The maximum atomic E-state index is 12.5. The monoisotopic (exact) mass is 327 g/mol. The first-order valence-electron chi connectivity index (χ1n) is 7.84. The van der Waals surface area contributed by atoms with Crippen LogP contribution in [-0.2, 0) is 9.59 Å². The molecule has 6 heteroatoms. The van der Waals surface area contributed by atoms with Gasteiger partial charge in [-0.15, -0.1) is 0 Å². The summed E-state index contributed by atoms with van der Waals surface area (Å²) in [6, 6.07) is 11.0.